The second-order valence-electron chi connectivity index (χ2n) is 8.76. The van der Waals surface area contributed by atoms with Crippen molar-refractivity contribution >= 4 is 17.1 Å². The fourth-order valence-electron chi connectivity index (χ4n) is 4.04. The van der Waals surface area contributed by atoms with Crippen LogP contribution in [0.1, 0.15) is 27.8 Å². The van der Waals surface area contributed by atoms with Gasteiger partial charge in [-0.25, -0.2) is 0 Å². The molecule has 0 unspecified atom stereocenters. The van der Waals surface area contributed by atoms with Crippen LogP contribution < -0.4 is 9.64 Å². The molecule has 0 heterocycles. The third-order valence-corrected chi connectivity index (χ3v) is 5.89. The number of aryl methyl sites for hydroxylation is 3. The van der Waals surface area contributed by atoms with Gasteiger partial charge in [0.1, 0.15) is 17.2 Å². The van der Waals surface area contributed by atoms with Gasteiger partial charge in [-0.3, -0.25) is 0 Å². The van der Waals surface area contributed by atoms with Crippen molar-refractivity contribution in [2.24, 2.45) is 0 Å². The number of hydrogen-bond donors (Lipinski definition) is 3. The Balaban J connectivity index is 1.89. The number of aromatic hydroxyl groups is 3. The van der Waals surface area contributed by atoms with Gasteiger partial charge in [0.05, 0.1) is 11.4 Å². The molecule has 0 saturated heterocycles. The fourth-order valence-corrected chi connectivity index (χ4v) is 4.04. The van der Waals surface area contributed by atoms with Gasteiger partial charge in [-0.15, -0.1) is 0 Å². The molecule has 174 valence electrons. The Kier molecular flexibility index (Phi) is 6.12. The second kappa shape index (κ2) is 9.02. The monoisotopic (exact) mass is 455 g/mol. The van der Waals surface area contributed by atoms with Crippen molar-refractivity contribution in [3.63, 3.8) is 0 Å². The Labute approximate surface area is 200 Å². The van der Waals surface area contributed by atoms with Crippen molar-refractivity contribution in [2.75, 3.05) is 4.90 Å². The van der Waals surface area contributed by atoms with Gasteiger partial charge in [-0.05, 0) is 99.8 Å². The summed E-state index contributed by atoms with van der Waals surface area (Å²) in [4.78, 5) is 2.01. The Morgan fingerprint density at radius 2 is 1.15 bits per heavy atom. The summed E-state index contributed by atoms with van der Waals surface area (Å²) in [6.45, 7) is 9.50. The number of rotatable bonds is 5. The number of nitrogens with zero attached hydrogens (tertiary/aromatic N) is 1. The highest BCUT2D eigenvalue weighted by Crippen LogP contribution is 2.44. The van der Waals surface area contributed by atoms with Gasteiger partial charge >= 0.3 is 0 Å². The number of phenolic OH excluding ortho intramolecular Hbond substituents is 3. The zero-order valence-corrected chi connectivity index (χ0v) is 20.0. The minimum atomic E-state index is 0.0705. The third kappa shape index (κ3) is 4.50. The Morgan fingerprint density at radius 3 is 1.71 bits per heavy atom. The van der Waals surface area contributed by atoms with Crippen LogP contribution in [-0.4, -0.2) is 15.3 Å². The van der Waals surface area contributed by atoms with Crippen LogP contribution in [0.15, 0.2) is 66.7 Å². The molecular weight excluding hydrogens is 426 g/mol. The normalized spacial score (nSPS) is 10.9. The lowest BCUT2D eigenvalue weighted by atomic mass is 10.0. The highest BCUT2D eigenvalue weighted by Gasteiger charge is 2.21. The van der Waals surface area contributed by atoms with E-state index in [1.54, 1.807) is 24.3 Å². The predicted octanol–water partition coefficient (Wildman–Crippen LogP) is 7.61. The van der Waals surface area contributed by atoms with Gasteiger partial charge in [0.2, 0.25) is 0 Å². The molecule has 0 saturated carbocycles. The molecule has 0 aliphatic rings. The van der Waals surface area contributed by atoms with E-state index >= 15 is 0 Å². The standard InChI is InChI=1S/C29H29NO4/c1-17-9-10-29(28(33)13-17)34-23-8-6-7-22(16-23)30(24-11-18(2)14-26(31)20(24)4)25-12-19(3)15-27(32)21(25)5/h6-16,31-33H,1-5H3. The first kappa shape index (κ1) is 23.1. The van der Waals surface area contributed by atoms with Gasteiger partial charge in [0, 0.05) is 22.9 Å². The summed E-state index contributed by atoms with van der Waals surface area (Å²) in [5, 5.41) is 31.4. The van der Waals surface area contributed by atoms with E-state index < -0.39 is 0 Å². The van der Waals surface area contributed by atoms with E-state index in [-0.39, 0.29) is 17.2 Å². The second-order valence-corrected chi connectivity index (χ2v) is 8.76. The van der Waals surface area contributed by atoms with Gasteiger partial charge < -0.3 is 25.0 Å². The maximum absolute atomic E-state index is 10.6. The van der Waals surface area contributed by atoms with Gasteiger partial charge in [-0.2, -0.15) is 0 Å². The lowest BCUT2D eigenvalue weighted by molar-refractivity contribution is 0.411. The Hall–Kier alpha value is -4.12. The number of hydrogen-bond acceptors (Lipinski definition) is 5. The fraction of sp³-hybridized carbons (Fsp3) is 0.172. The highest BCUT2D eigenvalue weighted by atomic mass is 16.5. The molecule has 0 aliphatic heterocycles. The summed E-state index contributed by atoms with van der Waals surface area (Å²) in [5.74, 6) is 1.38. The number of phenols is 3. The first-order chi connectivity index (χ1) is 16.1. The zero-order valence-electron chi connectivity index (χ0n) is 20.0. The molecule has 4 aromatic rings. The molecule has 0 bridgehead atoms. The molecular formula is C29H29NO4. The molecule has 0 spiro atoms. The maximum Gasteiger partial charge on any atom is 0.169 e. The average molecular weight is 456 g/mol. The van der Waals surface area contributed by atoms with Crippen molar-refractivity contribution < 1.29 is 20.1 Å². The van der Waals surface area contributed by atoms with Crippen LogP contribution in [0.25, 0.3) is 0 Å². The van der Waals surface area contributed by atoms with E-state index in [2.05, 4.69) is 0 Å². The van der Waals surface area contributed by atoms with Crippen LogP contribution in [0.5, 0.6) is 28.7 Å². The average Bonchev–Trinajstić information content (AvgIpc) is 2.77. The molecule has 0 atom stereocenters. The molecule has 4 rings (SSSR count). The van der Waals surface area contributed by atoms with Crippen molar-refractivity contribution in [1.29, 1.82) is 0 Å². The van der Waals surface area contributed by atoms with Crippen LogP contribution in [0, 0.1) is 34.6 Å². The van der Waals surface area contributed by atoms with E-state index in [0.29, 0.717) is 22.6 Å². The summed E-state index contributed by atoms with van der Waals surface area (Å²) >= 11 is 0. The summed E-state index contributed by atoms with van der Waals surface area (Å²) in [7, 11) is 0. The topological polar surface area (TPSA) is 73.2 Å². The van der Waals surface area contributed by atoms with Gasteiger partial charge in [-0.1, -0.05) is 12.1 Å². The Bertz CT molecular complexity index is 1320. The van der Waals surface area contributed by atoms with Crippen LogP contribution in [-0.2, 0) is 0 Å². The van der Waals surface area contributed by atoms with Crippen LogP contribution in [0.3, 0.4) is 0 Å². The summed E-state index contributed by atoms with van der Waals surface area (Å²) in [6.07, 6.45) is 0. The summed E-state index contributed by atoms with van der Waals surface area (Å²) in [6, 6.07) is 20.3. The van der Waals surface area contributed by atoms with E-state index in [1.165, 1.54) is 0 Å². The molecule has 5 nitrogen and oxygen atoms in total. The summed E-state index contributed by atoms with van der Waals surface area (Å²) in [5.41, 5.74) is 6.56. The van der Waals surface area contributed by atoms with E-state index in [1.807, 2.05) is 82.0 Å². The van der Waals surface area contributed by atoms with Crippen molar-refractivity contribution in [3.05, 3.63) is 94.5 Å². The van der Waals surface area contributed by atoms with Gasteiger partial charge in [0.15, 0.2) is 11.5 Å². The lowest BCUT2D eigenvalue weighted by Crippen LogP contribution is -2.13. The van der Waals surface area contributed by atoms with Crippen molar-refractivity contribution in [3.8, 4) is 28.7 Å². The molecule has 0 amide bonds. The molecule has 0 aromatic heterocycles. The van der Waals surface area contributed by atoms with E-state index in [4.69, 9.17) is 4.74 Å². The molecule has 0 aliphatic carbocycles. The Morgan fingerprint density at radius 1 is 0.588 bits per heavy atom. The van der Waals surface area contributed by atoms with Crippen LogP contribution in [0.2, 0.25) is 0 Å². The lowest BCUT2D eigenvalue weighted by Gasteiger charge is -2.30. The van der Waals surface area contributed by atoms with Crippen LogP contribution in [0.4, 0.5) is 17.1 Å². The predicted molar refractivity (Wildman–Crippen MR) is 136 cm³/mol. The largest absolute Gasteiger partial charge is 0.508 e. The number of anilines is 3. The van der Waals surface area contributed by atoms with E-state index in [0.717, 1.165) is 33.8 Å². The number of benzene rings is 4. The molecule has 0 fully saturated rings. The molecule has 0 radical (unpaired) electrons. The first-order valence-corrected chi connectivity index (χ1v) is 11.1. The van der Waals surface area contributed by atoms with Gasteiger partial charge in [0.25, 0.3) is 0 Å². The molecule has 34 heavy (non-hydrogen) atoms. The third-order valence-electron chi connectivity index (χ3n) is 5.89. The molecule has 4 aromatic carbocycles. The minimum Gasteiger partial charge on any atom is -0.508 e. The van der Waals surface area contributed by atoms with Crippen molar-refractivity contribution in [1.82, 2.24) is 0 Å². The first-order valence-electron chi connectivity index (χ1n) is 11.1. The molecule has 5 heteroatoms. The maximum atomic E-state index is 10.6. The zero-order chi connectivity index (χ0) is 24.6. The number of ether oxygens (including phenoxy) is 1. The smallest absolute Gasteiger partial charge is 0.169 e. The quantitative estimate of drug-likeness (QED) is 0.289. The summed E-state index contributed by atoms with van der Waals surface area (Å²) < 4.78 is 6.01. The van der Waals surface area contributed by atoms with Crippen molar-refractivity contribution in [2.45, 2.75) is 34.6 Å². The highest BCUT2D eigenvalue weighted by molar-refractivity contribution is 5.83. The minimum absolute atomic E-state index is 0.0705. The van der Waals surface area contributed by atoms with E-state index in [9.17, 15) is 15.3 Å². The van der Waals surface area contributed by atoms with Crippen LogP contribution >= 0.6 is 0 Å². The molecule has 3 N–H and O–H groups in total. The SMILES string of the molecule is Cc1ccc(Oc2cccc(N(c3cc(C)cc(O)c3C)c3cc(C)cc(O)c3C)c2)c(O)c1.